The highest BCUT2D eigenvalue weighted by Crippen LogP contribution is 2.25. The Bertz CT molecular complexity index is 847. The first-order valence-electron chi connectivity index (χ1n) is 10.7. The Morgan fingerprint density at radius 3 is 2.57 bits per heavy atom. The molecule has 2 amide bonds. The molecule has 1 aromatic heterocycles. The van der Waals surface area contributed by atoms with Gasteiger partial charge in [0.15, 0.2) is 0 Å². The number of piperidine rings is 1. The van der Waals surface area contributed by atoms with Crippen LogP contribution in [0.1, 0.15) is 47.8 Å². The van der Waals surface area contributed by atoms with Crippen LogP contribution in [0.5, 0.6) is 0 Å². The maximum atomic E-state index is 12.9. The van der Waals surface area contributed by atoms with E-state index in [0.717, 1.165) is 31.7 Å². The van der Waals surface area contributed by atoms with E-state index in [2.05, 4.69) is 10.2 Å². The topological polar surface area (TPSA) is 65.8 Å². The molecule has 0 aliphatic carbocycles. The number of rotatable bonds is 6. The molecule has 0 radical (unpaired) electrons. The Kier molecular flexibility index (Phi) is 6.75. The average molecular weight is 430 g/mol. The van der Waals surface area contributed by atoms with Gasteiger partial charge in [-0.05, 0) is 75.2 Å². The summed E-state index contributed by atoms with van der Waals surface area (Å²) in [6, 6.07) is 10.8. The zero-order valence-corrected chi connectivity index (χ0v) is 17.8. The highest BCUT2D eigenvalue weighted by molar-refractivity contribution is 6.30. The normalized spacial score (nSPS) is 20.8. The molecule has 160 valence electrons. The van der Waals surface area contributed by atoms with Gasteiger partial charge in [-0.25, -0.2) is 0 Å². The number of benzene rings is 1. The molecule has 0 saturated carbocycles. The number of halogens is 1. The zero-order chi connectivity index (χ0) is 20.9. The summed E-state index contributed by atoms with van der Waals surface area (Å²) in [7, 11) is 0. The van der Waals surface area contributed by atoms with Crippen LogP contribution in [-0.2, 0) is 4.79 Å². The molecule has 2 aromatic rings. The van der Waals surface area contributed by atoms with Crippen LogP contribution in [0.15, 0.2) is 47.1 Å². The van der Waals surface area contributed by atoms with Crippen molar-refractivity contribution in [1.82, 2.24) is 15.1 Å². The molecule has 0 bridgehead atoms. The van der Waals surface area contributed by atoms with Crippen LogP contribution in [0.25, 0.3) is 0 Å². The van der Waals surface area contributed by atoms with Gasteiger partial charge >= 0.3 is 0 Å². The van der Waals surface area contributed by atoms with Gasteiger partial charge in [0.1, 0.15) is 5.76 Å². The van der Waals surface area contributed by atoms with Crippen LogP contribution < -0.4 is 5.32 Å². The van der Waals surface area contributed by atoms with Crippen molar-refractivity contribution >= 4 is 23.4 Å². The first-order valence-corrected chi connectivity index (χ1v) is 11.1. The van der Waals surface area contributed by atoms with Crippen molar-refractivity contribution in [2.45, 2.75) is 31.7 Å². The summed E-state index contributed by atoms with van der Waals surface area (Å²) in [5, 5.41) is 3.73. The molecule has 6 nitrogen and oxygen atoms in total. The molecular weight excluding hydrogens is 402 g/mol. The quantitative estimate of drug-likeness (QED) is 0.759. The highest BCUT2D eigenvalue weighted by Gasteiger charge is 2.31. The lowest BCUT2D eigenvalue weighted by Gasteiger charge is -2.33. The van der Waals surface area contributed by atoms with Gasteiger partial charge in [-0.15, -0.1) is 0 Å². The Morgan fingerprint density at radius 2 is 1.87 bits per heavy atom. The molecular formula is C23H28ClN3O3. The zero-order valence-electron chi connectivity index (χ0n) is 17.1. The molecule has 2 unspecified atom stereocenters. The average Bonchev–Trinajstić information content (AvgIpc) is 3.49. The van der Waals surface area contributed by atoms with Crippen LogP contribution in [0.4, 0.5) is 0 Å². The minimum atomic E-state index is -0.189. The third-order valence-electron chi connectivity index (χ3n) is 6.09. The number of nitrogens with zero attached hydrogens (tertiary/aromatic N) is 2. The number of carbonyl (C=O) groups is 2. The second kappa shape index (κ2) is 9.67. The number of furan rings is 1. The summed E-state index contributed by atoms with van der Waals surface area (Å²) < 4.78 is 5.64. The number of likely N-dealkylation sites (tertiary alicyclic amines) is 2. The van der Waals surface area contributed by atoms with Crippen LogP contribution in [-0.4, -0.2) is 54.3 Å². The summed E-state index contributed by atoms with van der Waals surface area (Å²) >= 11 is 5.92. The summed E-state index contributed by atoms with van der Waals surface area (Å²) in [6.45, 7) is 3.69. The lowest BCUT2D eigenvalue weighted by molar-refractivity contribution is -0.126. The van der Waals surface area contributed by atoms with E-state index < -0.39 is 0 Å². The molecule has 2 fully saturated rings. The maximum absolute atomic E-state index is 12.9. The number of hydrogen-bond donors (Lipinski definition) is 1. The summed E-state index contributed by atoms with van der Waals surface area (Å²) in [4.78, 5) is 29.9. The molecule has 3 heterocycles. The van der Waals surface area contributed by atoms with E-state index in [1.165, 1.54) is 12.8 Å². The van der Waals surface area contributed by atoms with Crippen molar-refractivity contribution in [3.63, 3.8) is 0 Å². The van der Waals surface area contributed by atoms with E-state index in [1.807, 2.05) is 12.1 Å². The van der Waals surface area contributed by atoms with Crippen LogP contribution in [0, 0.1) is 5.92 Å². The predicted octanol–water partition coefficient (Wildman–Crippen LogP) is 3.74. The maximum Gasteiger partial charge on any atom is 0.253 e. The largest absolute Gasteiger partial charge is 0.468 e. The van der Waals surface area contributed by atoms with Gasteiger partial charge in [-0.3, -0.25) is 14.5 Å². The van der Waals surface area contributed by atoms with Crippen LogP contribution >= 0.6 is 11.6 Å². The van der Waals surface area contributed by atoms with Gasteiger partial charge in [0.05, 0.1) is 18.2 Å². The van der Waals surface area contributed by atoms with Crippen molar-refractivity contribution in [3.8, 4) is 0 Å². The lowest BCUT2D eigenvalue weighted by Crippen LogP contribution is -2.47. The Morgan fingerprint density at radius 1 is 1.10 bits per heavy atom. The molecule has 2 aliphatic heterocycles. The Balaban J connectivity index is 1.35. The van der Waals surface area contributed by atoms with E-state index >= 15 is 0 Å². The Labute approximate surface area is 182 Å². The number of hydrogen-bond acceptors (Lipinski definition) is 4. The molecule has 30 heavy (non-hydrogen) atoms. The molecule has 0 spiro atoms. The summed E-state index contributed by atoms with van der Waals surface area (Å²) in [5.41, 5.74) is 0.604. The third-order valence-corrected chi connectivity index (χ3v) is 6.35. The lowest BCUT2D eigenvalue weighted by atomic mass is 9.96. The second-order valence-corrected chi connectivity index (χ2v) is 8.55. The first kappa shape index (κ1) is 20.9. The highest BCUT2D eigenvalue weighted by atomic mass is 35.5. The van der Waals surface area contributed by atoms with Gasteiger partial charge in [-0.1, -0.05) is 11.6 Å². The SMILES string of the molecule is O=C(NCC(c1ccco1)N1CCCC1)C1CCCN(C(=O)c2ccc(Cl)cc2)C1. The molecule has 7 heteroatoms. The van der Waals surface area contributed by atoms with E-state index in [1.54, 1.807) is 35.4 Å². The predicted molar refractivity (Wildman–Crippen MR) is 115 cm³/mol. The fourth-order valence-corrected chi connectivity index (χ4v) is 4.56. The molecule has 1 N–H and O–H groups in total. The summed E-state index contributed by atoms with van der Waals surface area (Å²) in [5.74, 6) is 0.667. The standard InChI is InChI=1S/C23H28ClN3O3/c24-19-9-7-17(8-10-19)23(29)27-13-3-5-18(16-27)22(28)25-15-20(21-6-4-14-30-21)26-11-1-2-12-26/h4,6-10,14,18,20H,1-3,5,11-13,15-16H2,(H,25,28). The van der Waals surface area contributed by atoms with Crippen molar-refractivity contribution in [2.75, 3.05) is 32.7 Å². The van der Waals surface area contributed by atoms with E-state index in [0.29, 0.717) is 30.2 Å². The monoisotopic (exact) mass is 429 g/mol. The Hall–Kier alpha value is -2.31. The van der Waals surface area contributed by atoms with Crippen molar-refractivity contribution in [3.05, 3.63) is 59.0 Å². The number of amides is 2. The van der Waals surface area contributed by atoms with Crippen molar-refractivity contribution < 1.29 is 14.0 Å². The molecule has 2 atom stereocenters. The minimum Gasteiger partial charge on any atom is -0.468 e. The van der Waals surface area contributed by atoms with Gasteiger partial charge in [-0.2, -0.15) is 0 Å². The smallest absolute Gasteiger partial charge is 0.253 e. The van der Waals surface area contributed by atoms with E-state index in [-0.39, 0.29) is 23.8 Å². The second-order valence-electron chi connectivity index (χ2n) is 8.12. The van der Waals surface area contributed by atoms with Crippen LogP contribution in [0.3, 0.4) is 0 Å². The van der Waals surface area contributed by atoms with Gasteiger partial charge in [0.2, 0.25) is 5.91 Å². The summed E-state index contributed by atoms with van der Waals surface area (Å²) in [6.07, 6.45) is 5.66. The fraction of sp³-hybridized carbons (Fsp3) is 0.478. The molecule has 2 aliphatic rings. The van der Waals surface area contributed by atoms with Gasteiger partial charge in [0.25, 0.3) is 5.91 Å². The molecule has 1 aromatic carbocycles. The number of carbonyl (C=O) groups excluding carboxylic acids is 2. The van der Waals surface area contributed by atoms with E-state index in [4.69, 9.17) is 16.0 Å². The first-order chi connectivity index (χ1) is 14.6. The number of nitrogens with one attached hydrogen (secondary N) is 1. The van der Waals surface area contributed by atoms with Crippen molar-refractivity contribution in [2.24, 2.45) is 5.92 Å². The van der Waals surface area contributed by atoms with Crippen LogP contribution in [0.2, 0.25) is 5.02 Å². The third kappa shape index (κ3) is 4.87. The van der Waals surface area contributed by atoms with Gasteiger partial charge < -0.3 is 14.6 Å². The minimum absolute atomic E-state index is 0.0133. The van der Waals surface area contributed by atoms with Gasteiger partial charge in [0, 0.05) is 30.2 Å². The molecule has 2 saturated heterocycles. The fourth-order valence-electron chi connectivity index (χ4n) is 4.44. The van der Waals surface area contributed by atoms with Crippen molar-refractivity contribution in [1.29, 1.82) is 0 Å². The molecule has 4 rings (SSSR count). The van der Waals surface area contributed by atoms with E-state index in [9.17, 15) is 9.59 Å².